The van der Waals surface area contributed by atoms with Crippen molar-refractivity contribution in [1.29, 1.82) is 0 Å². The Balaban J connectivity index is 1.32. The minimum absolute atomic E-state index is 0.0166. The molecule has 7 heteroatoms. The van der Waals surface area contributed by atoms with Gasteiger partial charge in [-0.15, -0.1) is 0 Å². The molecule has 0 aliphatic carbocycles. The molecule has 3 aliphatic heterocycles. The van der Waals surface area contributed by atoms with Gasteiger partial charge in [0.2, 0.25) is 11.8 Å². The summed E-state index contributed by atoms with van der Waals surface area (Å²) in [5, 5.41) is 0. The van der Waals surface area contributed by atoms with Gasteiger partial charge in [0.25, 0.3) is 5.91 Å². The van der Waals surface area contributed by atoms with E-state index in [0.717, 1.165) is 25.9 Å². The van der Waals surface area contributed by atoms with Crippen LogP contribution in [0.5, 0.6) is 5.75 Å². The summed E-state index contributed by atoms with van der Waals surface area (Å²) in [7, 11) is 0. The normalized spacial score (nSPS) is 20.7. The molecule has 3 aliphatic rings. The van der Waals surface area contributed by atoms with Gasteiger partial charge < -0.3 is 14.5 Å². The fourth-order valence-electron chi connectivity index (χ4n) is 4.49. The highest BCUT2D eigenvalue weighted by molar-refractivity contribution is 6.02. The van der Waals surface area contributed by atoms with Crippen LogP contribution in [0.15, 0.2) is 24.3 Å². The van der Waals surface area contributed by atoms with Crippen LogP contribution >= 0.6 is 0 Å². The van der Waals surface area contributed by atoms with Crippen LogP contribution in [0.3, 0.4) is 0 Å². The number of hydrogen-bond acceptors (Lipinski definition) is 4. The molecule has 0 unspecified atom stereocenters. The second-order valence-corrected chi connectivity index (χ2v) is 8.13. The van der Waals surface area contributed by atoms with Crippen molar-refractivity contribution >= 4 is 23.4 Å². The first-order chi connectivity index (χ1) is 14.1. The number of piperidine rings is 1. The number of ether oxygens (including phenoxy) is 1. The molecule has 0 spiro atoms. The minimum atomic E-state index is -0.205. The van der Waals surface area contributed by atoms with E-state index in [2.05, 4.69) is 0 Å². The van der Waals surface area contributed by atoms with Gasteiger partial charge in [0.15, 0.2) is 6.61 Å². The van der Waals surface area contributed by atoms with Crippen LogP contribution in [0.4, 0.5) is 5.69 Å². The summed E-state index contributed by atoms with van der Waals surface area (Å²) in [6.45, 7) is 2.86. The first-order valence-electron chi connectivity index (χ1n) is 10.7. The molecule has 2 saturated heterocycles. The molecular formula is C22H29N3O4. The lowest BCUT2D eigenvalue weighted by Crippen LogP contribution is -2.49. The molecule has 1 aromatic carbocycles. The van der Waals surface area contributed by atoms with Gasteiger partial charge in [0.1, 0.15) is 12.3 Å². The lowest BCUT2D eigenvalue weighted by Gasteiger charge is -2.36. The van der Waals surface area contributed by atoms with Gasteiger partial charge in [0, 0.05) is 32.1 Å². The van der Waals surface area contributed by atoms with Gasteiger partial charge in [0.05, 0.1) is 5.69 Å². The Kier molecular flexibility index (Phi) is 6.02. The molecule has 0 saturated carbocycles. The standard InChI is InChI=1S/C22H29N3O4/c26-20(15-25-18-7-3-4-8-19(18)29-16-21(25)27)23-13-9-17(10-14-23)22(28)24-11-5-1-2-6-12-24/h3-4,7-8,17H,1-2,5-6,9-16H2. The predicted molar refractivity (Wildman–Crippen MR) is 109 cm³/mol. The molecule has 156 valence electrons. The zero-order valence-electron chi connectivity index (χ0n) is 16.8. The summed E-state index contributed by atoms with van der Waals surface area (Å²) >= 11 is 0. The molecule has 7 nitrogen and oxygen atoms in total. The number of carbonyl (C=O) groups is 3. The van der Waals surface area contributed by atoms with Gasteiger partial charge in [-0.2, -0.15) is 0 Å². The zero-order chi connectivity index (χ0) is 20.2. The Morgan fingerprint density at radius 1 is 0.931 bits per heavy atom. The third-order valence-electron chi connectivity index (χ3n) is 6.22. The summed E-state index contributed by atoms with van der Waals surface area (Å²) in [6, 6.07) is 7.28. The number of anilines is 1. The van der Waals surface area contributed by atoms with Crippen molar-refractivity contribution < 1.29 is 19.1 Å². The van der Waals surface area contributed by atoms with Crippen LogP contribution in [0.25, 0.3) is 0 Å². The van der Waals surface area contributed by atoms with E-state index in [0.29, 0.717) is 37.4 Å². The number of nitrogens with zero attached hydrogens (tertiary/aromatic N) is 3. The molecule has 0 N–H and O–H groups in total. The molecule has 3 amide bonds. The van der Waals surface area contributed by atoms with Gasteiger partial charge >= 0.3 is 0 Å². The highest BCUT2D eigenvalue weighted by Gasteiger charge is 2.33. The Bertz CT molecular complexity index is 765. The second-order valence-electron chi connectivity index (χ2n) is 8.13. The fraction of sp³-hybridized carbons (Fsp3) is 0.591. The van der Waals surface area contributed by atoms with Crippen LogP contribution in [0.1, 0.15) is 38.5 Å². The Hall–Kier alpha value is -2.57. The number of fused-ring (bicyclic) bond motifs is 1. The van der Waals surface area contributed by atoms with E-state index in [1.807, 2.05) is 17.0 Å². The van der Waals surface area contributed by atoms with Crippen molar-refractivity contribution in [3.8, 4) is 5.75 Å². The molecule has 0 bridgehead atoms. The molecule has 0 atom stereocenters. The number of carbonyl (C=O) groups excluding carboxylic acids is 3. The summed E-state index contributed by atoms with van der Waals surface area (Å²) in [4.78, 5) is 43.3. The van der Waals surface area contributed by atoms with Gasteiger partial charge in [-0.3, -0.25) is 19.3 Å². The van der Waals surface area contributed by atoms with Crippen molar-refractivity contribution in [1.82, 2.24) is 9.80 Å². The summed E-state index contributed by atoms with van der Waals surface area (Å²) in [6.07, 6.45) is 6.01. The van der Waals surface area contributed by atoms with E-state index in [1.54, 1.807) is 17.0 Å². The molecule has 2 fully saturated rings. The summed E-state index contributed by atoms with van der Waals surface area (Å²) < 4.78 is 5.44. The van der Waals surface area contributed by atoms with E-state index in [9.17, 15) is 14.4 Å². The van der Waals surface area contributed by atoms with Crippen molar-refractivity contribution in [3.63, 3.8) is 0 Å². The fourth-order valence-corrected chi connectivity index (χ4v) is 4.49. The highest BCUT2D eigenvalue weighted by Crippen LogP contribution is 2.31. The maximum Gasteiger partial charge on any atom is 0.265 e. The van der Waals surface area contributed by atoms with Gasteiger partial charge in [-0.05, 0) is 37.8 Å². The van der Waals surface area contributed by atoms with Crippen LogP contribution in [-0.2, 0) is 14.4 Å². The molecule has 3 heterocycles. The van der Waals surface area contributed by atoms with E-state index in [1.165, 1.54) is 17.7 Å². The number of rotatable bonds is 3. The van der Waals surface area contributed by atoms with Crippen LogP contribution in [0.2, 0.25) is 0 Å². The van der Waals surface area contributed by atoms with Crippen LogP contribution < -0.4 is 9.64 Å². The largest absolute Gasteiger partial charge is 0.482 e. The average molecular weight is 399 g/mol. The van der Waals surface area contributed by atoms with Crippen molar-refractivity contribution in [3.05, 3.63) is 24.3 Å². The van der Waals surface area contributed by atoms with Crippen molar-refractivity contribution in [2.45, 2.75) is 38.5 Å². The maximum absolute atomic E-state index is 12.8. The van der Waals surface area contributed by atoms with Crippen LogP contribution in [-0.4, -0.2) is 66.9 Å². The number of likely N-dealkylation sites (tertiary alicyclic amines) is 2. The Labute approximate surface area is 171 Å². The van der Waals surface area contributed by atoms with Crippen molar-refractivity contribution in [2.24, 2.45) is 5.92 Å². The molecular weight excluding hydrogens is 370 g/mol. The van der Waals surface area contributed by atoms with E-state index in [-0.39, 0.29) is 36.8 Å². The van der Waals surface area contributed by atoms with Gasteiger partial charge in [-0.25, -0.2) is 0 Å². The van der Waals surface area contributed by atoms with E-state index < -0.39 is 0 Å². The third kappa shape index (κ3) is 4.38. The molecule has 0 aromatic heterocycles. The first-order valence-corrected chi connectivity index (χ1v) is 10.7. The SMILES string of the molecule is O=C(CN1C(=O)COc2ccccc21)N1CCC(C(=O)N2CCCCCC2)CC1. The second kappa shape index (κ2) is 8.84. The van der Waals surface area contributed by atoms with E-state index in [4.69, 9.17) is 4.74 Å². The van der Waals surface area contributed by atoms with Crippen LogP contribution in [0, 0.1) is 5.92 Å². The predicted octanol–water partition coefficient (Wildman–Crippen LogP) is 2.05. The molecule has 1 aromatic rings. The molecule has 0 radical (unpaired) electrons. The minimum Gasteiger partial charge on any atom is -0.482 e. The summed E-state index contributed by atoms with van der Waals surface area (Å²) in [5.74, 6) is 0.625. The zero-order valence-corrected chi connectivity index (χ0v) is 16.8. The lowest BCUT2D eigenvalue weighted by molar-refractivity contribution is -0.140. The lowest BCUT2D eigenvalue weighted by atomic mass is 9.95. The highest BCUT2D eigenvalue weighted by atomic mass is 16.5. The quantitative estimate of drug-likeness (QED) is 0.780. The number of amides is 3. The average Bonchev–Trinajstić information content (AvgIpc) is 3.05. The van der Waals surface area contributed by atoms with Gasteiger partial charge in [-0.1, -0.05) is 25.0 Å². The smallest absolute Gasteiger partial charge is 0.265 e. The van der Waals surface area contributed by atoms with E-state index >= 15 is 0 Å². The third-order valence-corrected chi connectivity index (χ3v) is 6.22. The summed E-state index contributed by atoms with van der Waals surface area (Å²) in [5.41, 5.74) is 0.642. The Morgan fingerprint density at radius 3 is 2.34 bits per heavy atom. The number of hydrogen-bond donors (Lipinski definition) is 0. The molecule has 4 rings (SSSR count). The number of para-hydroxylation sites is 2. The first kappa shape index (κ1) is 19.7. The Morgan fingerprint density at radius 2 is 1.62 bits per heavy atom. The topological polar surface area (TPSA) is 70.2 Å². The maximum atomic E-state index is 12.8. The van der Waals surface area contributed by atoms with Crippen molar-refractivity contribution in [2.75, 3.05) is 44.2 Å². The number of benzene rings is 1. The monoisotopic (exact) mass is 399 g/mol. The molecule has 29 heavy (non-hydrogen) atoms.